The first-order chi connectivity index (χ1) is 31.3. The summed E-state index contributed by atoms with van der Waals surface area (Å²) in [4.78, 5) is 83.0. The van der Waals surface area contributed by atoms with Gasteiger partial charge in [-0.1, -0.05) is 31.0 Å². The number of imide groups is 1. The number of carbonyl (C=O) groups excluding carboxylic acids is 5. The molecular weight excluding hydrogens is 809 g/mol. The summed E-state index contributed by atoms with van der Waals surface area (Å²) in [7, 11) is 0. The van der Waals surface area contributed by atoms with E-state index in [4.69, 9.17) is 4.98 Å². The quantitative estimate of drug-likeness (QED) is 0.0990. The molecule has 15 heteroatoms. The number of fused-ring (bicyclic) bond motifs is 1. The Hall–Kier alpha value is -5.67. The van der Waals surface area contributed by atoms with Crippen LogP contribution in [0.5, 0.6) is 0 Å². The van der Waals surface area contributed by atoms with Crippen molar-refractivity contribution in [1.29, 1.82) is 0 Å². The Bertz CT molecular complexity index is 2110. The van der Waals surface area contributed by atoms with E-state index >= 15 is 0 Å². The van der Waals surface area contributed by atoms with Gasteiger partial charge >= 0.3 is 0 Å². The highest BCUT2D eigenvalue weighted by atomic mass is 16.2. The number of carbonyl (C=O) groups is 5. The number of hydrogen-bond donors (Lipinski definition) is 3. The lowest BCUT2D eigenvalue weighted by molar-refractivity contribution is -0.137. The highest BCUT2D eigenvalue weighted by Crippen LogP contribution is 2.32. The summed E-state index contributed by atoms with van der Waals surface area (Å²) in [6, 6.07) is 13.5. The van der Waals surface area contributed by atoms with Crippen LogP contribution in [0.2, 0.25) is 0 Å². The average molecular weight is 873 g/mol. The number of pyridine rings is 2. The summed E-state index contributed by atoms with van der Waals surface area (Å²) >= 11 is 0. The second-order valence-electron chi connectivity index (χ2n) is 18.0. The average Bonchev–Trinajstić information content (AvgIpc) is 3.67. The van der Waals surface area contributed by atoms with Crippen molar-refractivity contribution in [2.75, 3.05) is 82.2 Å². The van der Waals surface area contributed by atoms with Crippen molar-refractivity contribution in [2.24, 2.45) is 5.92 Å². The number of benzene rings is 1. The van der Waals surface area contributed by atoms with Crippen LogP contribution in [0.15, 0.2) is 67.1 Å². The number of nitrogens with zero attached hydrogens (tertiary/aromatic N) is 7. The standard InChI is InChI=1S/C49H64N10O5/c60-44(15-11-37-8-6-21-50-33-37)52-23-2-1-7-36-17-25-58(26-18-36)48(63)38-12-14-43(53-34-38)57-27-19-40(20-28-57)56-31-29-55(30-32-56)24-4-3-22-51-41-10-5-9-39-35-59(49(64)46(39)41)42-13-16-45(61)54-47(42)62/h5-6,8-12,14-15,21,33-34,36,40,42,51H,1-4,7,13,16-20,22-32,35H2,(H,52,60)(H,54,61,62)/b15-11+. The molecule has 0 bridgehead atoms. The van der Waals surface area contributed by atoms with Gasteiger partial charge in [0.05, 0.1) is 11.1 Å². The Labute approximate surface area is 377 Å². The van der Waals surface area contributed by atoms with Gasteiger partial charge in [-0.05, 0) is 105 Å². The van der Waals surface area contributed by atoms with Gasteiger partial charge in [0.2, 0.25) is 17.7 Å². The van der Waals surface area contributed by atoms with Gasteiger partial charge in [0.15, 0.2) is 0 Å². The topological polar surface area (TPSA) is 163 Å². The van der Waals surface area contributed by atoms with Crippen LogP contribution < -0.4 is 20.9 Å². The summed E-state index contributed by atoms with van der Waals surface area (Å²) in [5.41, 5.74) is 3.95. The Morgan fingerprint density at radius 3 is 2.38 bits per heavy atom. The number of nitrogens with one attached hydrogen (secondary N) is 3. The van der Waals surface area contributed by atoms with Crippen molar-refractivity contribution in [3.05, 3.63) is 89.4 Å². The summed E-state index contributed by atoms with van der Waals surface area (Å²) in [5, 5.41) is 8.84. The molecule has 4 saturated heterocycles. The number of likely N-dealkylation sites (tertiary alicyclic amines) is 1. The summed E-state index contributed by atoms with van der Waals surface area (Å²) in [6.45, 7) is 10.7. The number of amides is 5. The van der Waals surface area contributed by atoms with E-state index in [-0.39, 0.29) is 36.0 Å². The minimum absolute atomic E-state index is 0.0726. The second-order valence-corrected chi connectivity index (χ2v) is 18.0. The van der Waals surface area contributed by atoms with Gasteiger partial charge < -0.3 is 30.2 Å². The van der Waals surface area contributed by atoms with Gasteiger partial charge in [0.25, 0.3) is 11.8 Å². The molecule has 0 saturated carbocycles. The van der Waals surface area contributed by atoms with Crippen molar-refractivity contribution in [3.63, 3.8) is 0 Å². The third-order valence-electron chi connectivity index (χ3n) is 13.8. The number of piperazine rings is 1. The van der Waals surface area contributed by atoms with Gasteiger partial charge in [-0.25, -0.2) is 4.98 Å². The predicted molar refractivity (Wildman–Crippen MR) is 246 cm³/mol. The smallest absolute Gasteiger partial charge is 0.257 e. The largest absolute Gasteiger partial charge is 0.384 e. The molecule has 3 aromatic rings. The van der Waals surface area contributed by atoms with Crippen LogP contribution in [0, 0.1) is 5.92 Å². The normalized spacial score (nSPS) is 20.5. The first-order valence-corrected chi connectivity index (χ1v) is 23.6. The van der Waals surface area contributed by atoms with E-state index in [1.165, 1.54) is 0 Å². The van der Waals surface area contributed by atoms with Gasteiger partial charge in [-0.15, -0.1) is 0 Å². The van der Waals surface area contributed by atoms with Crippen LogP contribution in [0.1, 0.15) is 102 Å². The van der Waals surface area contributed by atoms with Crippen LogP contribution in [0.25, 0.3) is 6.08 Å². The van der Waals surface area contributed by atoms with Crippen molar-refractivity contribution in [2.45, 2.75) is 89.3 Å². The fraction of sp³-hybridized carbons (Fsp3) is 0.531. The molecule has 3 N–H and O–H groups in total. The fourth-order valence-corrected chi connectivity index (χ4v) is 10.0. The van der Waals surface area contributed by atoms with E-state index in [9.17, 15) is 24.0 Å². The maximum Gasteiger partial charge on any atom is 0.257 e. The molecule has 8 rings (SSSR count). The maximum atomic E-state index is 13.4. The van der Waals surface area contributed by atoms with Gasteiger partial charge in [-0.2, -0.15) is 0 Å². The van der Waals surface area contributed by atoms with E-state index in [1.54, 1.807) is 35.6 Å². The molecule has 64 heavy (non-hydrogen) atoms. The molecule has 4 fully saturated rings. The molecule has 15 nitrogen and oxygen atoms in total. The molecule has 1 unspecified atom stereocenters. The lowest BCUT2D eigenvalue weighted by atomic mass is 9.91. The van der Waals surface area contributed by atoms with E-state index in [2.05, 4.69) is 35.6 Å². The Morgan fingerprint density at radius 2 is 1.62 bits per heavy atom. The van der Waals surface area contributed by atoms with Crippen molar-refractivity contribution in [1.82, 2.24) is 40.2 Å². The van der Waals surface area contributed by atoms with E-state index in [0.29, 0.717) is 42.6 Å². The molecular formula is C49H64N10O5. The van der Waals surface area contributed by atoms with Crippen LogP contribution in [-0.2, 0) is 20.9 Å². The number of anilines is 2. The number of unbranched alkanes of at least 4 members (excludes halogenated alkanes) is 2. The van der Waals surface area contributed by atoms with Gasteiger partial charge in [0.1, 0.15) is 11.9 Å². The molecule has 2 aromatic heterocycles. The fourth-order valence-electron chi connectivity index (χ4n) is 10.0. The van der Waals surface area contributed by atoms with Crippen molar-refractivity contribution in [3.8, 4) is 0 Å². The van der Waals surface area contributed by atoms with Crippen LogP contribution in [-0.4, -0.2) is 143 Å². The molecule has 1 atom stereocenters. The SMILES string of the molecule is O=C(/C=C/c1cccnc1)NCCCCC1CCN(C(=O)c2ccc(N3CCC(N4CCN(CCCCNc5cccc6c5C(=O)N(C5CCC(=O)NC5=O)C6)CC4)CC3)nc2)CC1. The molecule has 0 radical (unpaired) electrons. The zero-order valence-corrected chi connectivity index (χ0v) is 37.1. The molecule has 0 spiro atoms. The maximum absolute atomic E-state index is 13.4. The Balaban J connectivity index is 0.670. The van der Waals surface area contributed by atoms with Crippen molar-refractivity contribution < 1.29 is 24.0 Å². The highest BCUT2D eigenvalue weighted by Gasteiger charge is 2.40. The molecule has 1 aromatic carbocycles. The number of aromatic nitrogens is 2. The summed E-state index contributed by atoms with van der Waals surface area (Å²) < 4.78 is 0. The Kier molecular flexibility index (Phi) is 15.3. The first kappa shape index (κ1) is 44.9. The number of hydrogen-bond acceptors (Lipinski definition) is 11. The monoisotopic (exact) mass is 873 g/mol. The molecule has 5 aliphatic rings. The van der Waals surface area contributed by atoms with E-state index < -0.39 is 6.04 Å². The highest BCUT2D eigenvalue weighted by molar-refractivity contribution is 6.07. The third kappa shape index (κ3) is 11.5. The molecule has 0 aliphatic carbocycles. The second kappa shape index (κ2) is 21.8. The lowest BCUT2D eigenvalue weighted by Crippen LogP contribution is -2.53. The van der Waals surface area contributed by atoms with Crippen LogP contribution >= 0.6 is 0 Å². The zero-order valence-electron chi connectivity index (χ0n) is 37.1. The molecule has 7 heterocycles. The van der Waals surface area contributed by atoms with Gasteiger partial charge in [-0.3, -0.25) is 39.2 Å². The van der Waals surface area contributed by atoms with Crippen molar-refractivity contribution >= 4 is 47.1 Å². The lowest BCUT2D eigenvalue weighted by Gasteiger charge is -2.43. The predicted octanol–water partition coefficient (Wildman–Crippen LogP) is 4.57. The zero-order chi connectivity index (χ0) is 44.3. The summed E-state index contributed by atoms with van der Waals surface area (Å²) in [5.74, 6) is 0.741. The number of piperidine rings is 3. The van der Waals surface area contributed by atoms with Crippen LogP contribution in [0.3, 0.4) is 0 Å². The third-order valence-corrected chi connectivity index (χ3v) is 13.8. The van der Waals surface area contributed by atoms with E-state index in [0.717, 1.165) is 146 Å². The minimum atomic E-state index is -0.607. The Morgan fingerprint density at radius 1 is 0.812 bits per heavy atom. The van der Waals surface area contributed by atoms with E-state index in [1.807, 2.05) is 47.4 Å². The minimum Gasteiger partial charge on any atom is -0.384 e. The van der Waals surface area contributed by atoms with Crippen LogP contribution in [0.4, 0.5) is 11.5 Å². The molecule has 5 amide bonds. The summed E-state index contributed by atoms with van der Waals surface area (Å²) in [6.07, 6.45) is 18.6. The first-order valence-electron chi connectivity index (χ1n) is 23.6. The number of rotatable bonds is 17. The van der Waals surface area contributed by atoms with Gasteiger partial charge in [0, 0.05) is 115 Å². The molecule has 340 valence electrons. The molecule has 5 aliphatic heterocycles.